The van der Waals surface area contributed by atoms with Gasteiger partial charge in [0.15, 0.2) is 0 Å². The summed E-state index contributed by atoms with van der Waals surface area (Å²) < 4.78 is 28.6. The van der Waals surface area contributed by atoms with Crippen LogP contribution >= 0.6 is 15.9 Å². The van der Waals surface area contributed by atoms with Crippen LogP contribution in [0.25, 0.3) is 0 Å². The molecule has 0 aliphatic carbocycles. The standard InChI is InChI=1S/C25H26BrN3O3S/c1-17-8-12-24(13-9-17)33(31,32)29(23-7-5-6-22(26)14-23)16-25(30)28-27-15-21-11-10-18(2)19(3)20(21)4/h5-15H,16H2,1-4H3,(H,28,30)/b27-15-. The van der Waals surface area contributed by atoms with E-state index >= 15 is 0 Å². The molecule has 0 aliphatic heterocycles. The van der Waals surface area contributed by atoms with Gasteiger partial charge in [-0.05, 0) is 80.3 Å². The summed E-state index contributed by atoms with van der Waals surface area (Å²) in [6.45, 7) is 7.53. The highest BCUT2D eigenvalue weighted by Gasteiger charge is 2.27. The van der Waals surface area contributed by atoms with Crippen molar-refractivity contribution in [1.82, 2.24) is 5.43 Å². The monoisotopic (exact) mass is 527 g/mol. The Labute approximate surface area is 203 Å². The number of hydrazone groups is 1. The number of nitrogens with one attached hydrogen (secondary N) is 1. The van der Waals surface area contributed by atoms with Gasteiger partial charge in [-0.3, -0.25) is 9.10 Å². The lowest BCUT2D eigenvalue weighted by atomic mass is 10.00. The van der Waals surface area contributed by atoms with Gasteiger partial charge in [-0.2, -0.15) is 5.10 Å². The van der Waals surface area contributed by atoms with Crippen LogP contribution in [0.3, 0.4) is 0 Å². The number of hydrogen-bond acceptors (Lipinski definition) is 4. The number of halogens is 1. The molecule has 3 aromatic carbocycles. The normalized spacial score (nSPS) is 11.5. The van der Waals surface area contributed by atoms with Gasteiger partial charge in [-0.25, -0.2) is 13.8 Å². The smallest absolute Gasteiger partial charge is 0.264 e. The SMILES string of the molecule is Cc1ccc(S(=O)(=O)N(CC(=O)N/N=C\c2ccc(C)c(C)c2C)c2cccc(Br)c2)cc1. The second kappa shape index (κ2) is 10.3. The second-order valence-corrected chi connectivity index (χ2v) is 10.6. The van der Waals surface area contributed by atoms with Crippen LogP contribution in [0.15, 0.2) is 75.1 Å². The Balaban J connectivity index is 1.85. The lowest BCUT2D eigenvalue weighted by Crippen LogP contribution is -2.39. The zero-order valence-corrected chi connectivity index (χ0v) is 21.4. The van der Waals surface area contributed by atoms with Crippen LogP contribution in [0.1, 0.15) is 27.8 Å². The number of rotatable bonds is 7. The first kappa shape index (κ1) is 24.7. The molecular weight excluding hydrogens is 502 g/mol. The zero-order valence-electron chi connectivity index (χ0n) is 19.0. The van der Waals surface area contributed by atoms with Crippen molar-refractivity contribution in [3.63, 3.8) is 0 Å². The van der Waals surface area contributed by atoms with Crippen molar-refractivity contribution in [1.29, 1.82) is 0 Å². The Hall–Kier alpha value is -2.97. The molecule has 8 heteroatoms. The molecule has 0 bridgehead atoms. The van der Waals surface area contributed by atoms with Crippen molar-refractivity contribution in [2.45, 2.75) is 32.6 Å². The first-order valence-corrected chi connectivity index (χ1v) is 12.6. The van der Waals surface area contributed by atoms with Crippen molar-refractivity contribution in [3.05, 3.63) is 93.0 Å². The first-order chi connectivity index (χ1) is 15.6. The molecule has 0 saturated heterocycles. The lowest BCUT2D eigenvalue weighted by molar-refractivity contribution is -0.119. The highest BCUT2D eigenvalue weighted by atomic mass is 79.9. The Bertz CT molecular complexity index is 1300. The van der Waals surface area contributed by atoms with Crippen LogP contribution in [-0.4, -0.2) is 27.1 Å². The highest BCUT2D eigenvalue weighted by molar-refractivity contribution is 9.10. The molecule has 1 N–H and O–H groups in total. The Kier molecular flexibility index (Phi) is 7.71. The molecule has 0 saturated carbocycles. The Morgan fingerprint density at radius 1 is 1.00 bits per heavy atom. The molecule has 0 heterocycles. The first-order valence-electron chi connectivity index (χ1n) is 10.3. The number of anilines is 1. The summed E-state index contributed by atoms with van der Waals surface area (Å²) in [4.78, 5) is 12.8. The van der Waals surface area contributed by atoms with E-state index < -0.39 is 22.5 Å². The van der Waals surface area contributed by atoms with Crippen LogP contribution in [0.5, 0.6) is 0 Å². The van der Waals surface area contributed by atoms with Gasteiger partial charge in [0.2, 0.25) is 0 Å². The van der Waals surface area contributed by atoms with Crippen LogP contribution in [-0.2, 0) is 14.8 Å². The van der Waals surface area contributed by atoms with E-state index in [1.807, 2.05) is 39.8 Å². The summed E-state index contributed by atoms with van der Waals surface area (Å²) in [5, 5.41) is 4.05. The van der Waals surface area contributed by atoms with E-state index in [-0.39, 0.29) is 4.90 Å². The summed E-state index contributed by atoms with van der Waals surface area (Å²) in [5.74, 6) is -0.552. The molecule has 6 nitrogen and oxygen atoms in total. The number of carbonyl (C=O) groups is 1. The minimum atomic E-state index is -3.98. The van der Waals surface area contributed by atoms with Crippen molar-refractivity contribution >= 4 is 43.8 Å². The number of sulfonamides is 1. The quantitative estimate of drug-likeness (QED) is 0.345. The van der Waals surface area contributed by atoms with Crippen molar-refractivity contribution in [2.75, 3.05) is 10.8 Å². The van der Waals surface area contributed by atoms with Gasteiger partial charge < -0.3 is 0 Å². The third-order valence-corrected chi connectivity index (χ3v) is 7.77. The largest absolute Gasteiger partial charge is 0.271 e. The Morgan fingerprint density at radius 2 is 1.70 bits per heavy atom. The molecule has 33 heavy (non-hydrogen) atoms. The molecule has 1 amide bonds. The van der Waals surface area contributed by atoms with Crippen molar-refractivity contribution in [3.8, 4) is 0 Å². The van der Waals surface area contributed by atoms with E-state index in [1.54, 1.807) is 42.6 Å². The average molecular weight is 528 g/mol. The van der Waals surface area contributed by atoms with E-state index in [1.165, 1.54) is 17.7 Å². The number of amides is 1. The van der Waals surface area contributed by atoms with E-state index in [0.717, 1.165) is 26.6 Å². The maximum atomic E-state index is 13.4. The van der Waals surface area contributed by atoms with Gasteiger partial charge in [-0.1, -0.05) is 51.8 Å². The molecule has 0 radical (unpaired) electrons. The Morgan fingerprint density at radius 3 is 2.36 bits per heavy atom. The maximum absolute atomic E-state index is 13.4. The van der Waals surface area contributed by atoms with Crippen molar-refractivity contribution < 1.29 is 13.2 Å². The zero-order chi connectivity index (χ0) is 24.2. The fourth-order valence-electron chi connectivity index (χ4n) is 3.24. The second-order valence-electron chi connectivity index (χ2n) is 7.82. The summed E-state index contributed by atoms with van der Waals surface area (Å²) in [6.07, 6.45) is 1.57. The van der Waals surface area contributed by atoms with Crippen LogP contribution in [0.2, 0.25) is 0 Å². The van der Waals surface area contributed by atoms with E-state index in [9.17, 15) is 13.2 Å². The van der Waals surface area contributed by atoms with Crippen LogP contribution in [0.4, 0.5) is 5.69 Å². The van der Waals surface area contributed by atoms with Gasteiger partial charge >= 0.3 is 0 Å². The third-order valence-electron chi connectivity index (χ3n) is 5.49. The summed E-state index contributed by atoms with van der Waals surface area (Å²) >= 11 is 3.37. The van der Waals surface area contributed by atoms with Crippen LogP contribution in [0, 0.1) is 27.7 Å². The molecular formula is C25H26BrN3O3S. The molecule has 0 spiro atoms. The van der Waals surface area contributed by atoms with Gasteiger partial charge in [-0.15, -0.1) is 0 Å². The van der Waals surface area contributed by atoms with Gasteiger partial charge in [0.25, 0.3) is 15.9 Å². The molecule has 3 rings (SSSR count). The number of benzene rings is 3. The highest BCUT2D eigenvalue weighted by Crippen LogP contribution is 2.26. The lowest BCUT2D eigenvalue weighted by Gasteiger charge is -2.24. The number of carbonyl (C=O) groups excluding carboxylic acids is 1. The minimum absolute atomic E-state index is 0.107. The number of aryl methyl sites for hydroxylation is 2. The average Bonchev–Trinajstić information content (AvgIpc) is 2.77. The summed E-state index contributed by atoms with van der Waals surface area (Å²) in [5.41, 5.74) is 8.06. The van der Waals surface area contributed by atoms with Crippen molar-refractivity contribution in [2.24, 2.45) is 5.10 Å². The summed E-state index contributed by atoms with van der Waals surface area (Å²) in [7, 11) is -3.98. The molecule has 0 unspecified atom stereocenters. The van der Waals surface area contributed by atoms with Gasteiger partial charge in [0.1, 0.15) is 6.54 Å². The number of nitrogens with zero attached hydrogens (tertiary/aromatic N) is 2. The van der Waals surface area contributed by atoms with E-state index in [4.69, 9.17) is 0 Å². The maximum Gasteiger partial charge on any atom is 0.264 e. The molecule has 3 aromatic rings. The third kappa shape index (κ3) is 5.89. The van der Waals surface area contributed by atoms with E-state index in [2.05, 4.69) is 26.5 Å². The summed E-state index contributed by atoms with van der Waals surface area (Å²) in [6, 6.07) is 17.3. The van der Waals surface area contributed by atoms with E-state index in [0.29, 0.717) is 10.2 Å². The fraction of sp³-hybridized carbons (Fsp3) is 0.200. The topological polar surface area (TPSA) is 78.8 Å². The van der Waals surface area contributed by atoms with Crippen LogP contribution < -0.4 is 9.73 Å². The fourth-order valence-corrected chi connectivity index (χ4v) is 5.04. The van der Waals surface area contributed by atoms with Gasteiger partial charge in [0.05, 0.1) is 16.8 Å². The predicted molar refractivity (Wildman–Crippen MR) is 136 cm³/mol. The minimum Gasteiger partial charge on any atom is -0.271 e. The molecule has 172 valence electrons. The number of hydrogen-bond donors (Lipinski definition) is 1. The molecule has 0 aliphatic rings. The molecule has 0 fully saturated rings. The molecule has 0 atom stereocenters. The van der Waals surface area contributed by atoms with Gasteiger partial charge in [0, 0.05) is 4.47 Å². The molecule has 0 aromatic heterocycles. The predicted octanol–water partition coefficient (Wildman–Crippen LogP) is 5.03.